The number of hydrazine groups is 2. The first-order valence-electron chi connectivity index (χ1n) is 5.76. The Hall–Kier alpha value is -1.72. The molecule has 0 aliphatic carbocycles. The van der Waals surface area contributed by atoms with E-state index < -0.39 is 40.3 Å². The van der Waals surface area contributed by atoms with Crippen molar-refractivity contribution < 1.29 is 26.6 Å². The molecule has 0 spiro atoms. The Morgan fingerprint density at radius 1 is 1.32 bits per heavy atom. The van der Waals surface area contributed by atoms with Gasteiger partial charge in [-0.3, -0.25) is 9.22 Å². The molecule has 2 amide bonds. The van der Waals surface area contributed by atoms with Crippen molar-refractivity contribution >= 4 is 22.5 Å². The van der Waals surface area contributed by atoms with Crippen LogP contribution in [0.2, 0.25) is 0 Å². The van der Waals surface area contributed by atoms with Crippen LogP contribution in [-0.2, 0) is 10.8 Å². The van der Waals surface area contributed by atoms with Crippen LogP contribution < -0.4 is 16.7 Å². The lowest BCUT2D eigenvalue weighted by atomic mass is 10.2. The molecule has 0 aliphatic heterocycles. The number of benzene rings is 1. The number of nitrogens with two attached hydrogens (primary N) is 2. The van der Waals surface area contributed by atoms with Gasteiger partial charge in [-0.15, -0.1) is 0 Å². The third-order valence-electron chi connectivity index (χ3n) is 2.55. The normalized spacial score (nSPS) is 12.9. The Labute approximate surface area is 126 Å². The van der Waals surface area contributed by atoms with Gasteiger partial charge in [-0.25, -0.2) is 25.9 Å². The van der Waals surface area contributed by atoms with Crippen molar-refractivity contribution in [1.29, 1.82) is 0 Å². The number of rotatable bonds is 3. The highest BCUT2D eigenvalue weighted by atomic mass is 32.2. The van der Waals surface area contributed by atoms with E-state index in [0.717, 1.165) is 19.2 Å². The first-order valence-corrected chi connectivity index (χ1v) is 7.08. The molecule has 0 heterocycles. The standard InChI is InChI=1S/C11H14F4N4O2S/c1-6-3-7(12)8(19(17)10(20)18(2)16)4-9(6)22(21)5-11(13,14)15/h3-4H,5,16-17H2,1-2H3. The molecule has 4 N–H and O–H groups in total. The summed E-state index contributed by atoms with van der Waals surface area (Å²) in [4.78, 5) is 11.3. The molecule has 0 bridgehead atoms. The van der Waals surface area contributed by atoms with Crippen molar-refractivity contribution in [2.75, 3.05) is 17.8 Å². The van der Waals surface area contributed by atoms with Crippen molar-refractivity contribution in [3.8, 4) is 0 Å². The third-order valence-corrected chi connectivity index (χ3v) is 4.07. The van der Waals surface area contributed by atoms with E-state index in [9.17, 15) is 26.6 Å². The number of urea groups is 1. The van der Waals surface area contributed by atoms with Crippen molar-refractivity contribution in [2.45, 2.75) is 18.0 Å². The second-order valence-corrected chi connectivity index (χ2v) is 5.86. The molecule has 0 aliphatic rings. The van der Waals surface area contributed by atoms with Gasteiger partial charge in [-0.05, 0) is 24.6 Å². The van der Waals surface area contributed by atoms with Gasteiger partial charge in [-0.2, -0.15) is 13.2 Å². The van der Waals surface area contributed by atoms with E-state index in [-0.39, 0.29) is 10.5 Å². The van der Waals surface area contributed by atoms with Crippen LogP contribution >= 0.6 is 0 Å². The fraction of sp³-hybridized carbons (Fsp3) is 0.364. The summed E-state index contributed by atoms with van der Waals surface area (Å²) in [5.74, 6) is 8.01. The van der Waals surface area contributed by atoms with E-state index in [0.29, 0.717) is 10.0 Å². The summed E-state index contributed by atoms with van der Waals surface area (Å²) in [6.45, 7) is 1.30. The van der Waals surface area contributed by atoms with Gasteiger partial charge in [0.05, 0.1) is 16.5 Å². The van der Waals surface area contributed by atoms with Gasteiger partial charge >= 0.3 is 12.2 Å². The van der Waals surface area contributed by atoms with Crippen LogP contribution in [0.4, 0.5) is 28.0 Å². The van der Waals surface area contributed by atoms with E-state index in [1.807, 2.05) is 0 Å². The van der Waals surface area contributed by atoms with Gasteiger partial charge in [0.15, 0.2) is 0 Å². The summed E-state index contributed by atoms with van der Waals surface area (Å²) in [5, 5.41) is 0.884. The fourth-order valence-corrected chi connectivity index (χ4v) is 2.69. The molecule has 1 rings (SSSR count). The van der Waals surface area contributed by atoms with Crippen LogP contribution in [0.25, 0.3) is 0 Å². The number of aryl methyl sites for hydroxylation is 1. The Bertz CT molecular complexity index is 606. The number of amides is 2. The molecule has 11 heteroatoms. The SMILES string of the molecule is Cc1cc(F)c(N(N)C(=O)N(C)N)cc1S(=O)CC(F)(F)F. The smallest absolute Gasteiger partial charge is 0.264 e. The Kier molecular flexibility index (Phi) is 5.49. The quantitative estimate of drug-likeness (QED) is 0.376. The summed E-state index contributed by atoms with van der Waals surface area (Å²) in [7, 11) is -1.30. The molecule has 0 radical (unpaired) electrons. The highest BCUT2D eigenvalue weighted by Gasteiger charge is 2.32. The first-order chi connectivity index (χ1) is 9.94. The lowest BCUT2D eigenvalue weighted by Crippen LogP contribution is -2.49. The maximum absolute atomic E-state index is 13.9. The summed E-state index contributed by atoms with van der Waals surface area (Å²) < 4.78 is 62.6. The minimum Gasteiger partial charge on any atom is -0.264 e. The zero-order chi connectivity index (χ0) is 17.2. The van der Waals surface area contributed by atoms with E-state index in [4.69, 9.17) is 11.7 Å². The maximum Gasteiger partial charge on any atom is 0.400 e. The van der Waals surface area contributed by atoms with Crippen LogP contribution in [0.15, 0.2) is 17.0 Å². The zero-order valence-corrected chi connectivity index (χ0v) is 12.5. The summed E-state index contributed by atoms with van der Waals surface area (Å²) in [5.41, 5.74) is -0.482. The molecular weight excluding hydrogens is 328 g/mol. The molecule has 1 unspecified atom stereocenters. The highest BCUT2D eigenvalue weighted by molar-refractivity contribution is 7.85. The van der Waals surface area contributed by atoms with Crippen LogP contribution in [0.5, 0.6) is 0 Å². The number of hydrogen-bond donors (Lipinski definition) is 2. The average molecular weight is 342 g/mol. The van der Waals surface area contributed by atoms with Crippen LogP contribution in [0.3, 0.4) is 0 Å². The Balaban J connectivity index is 3.25. The molecule has 0 fully saturated rings. The lowest BCUT2D eigenvalue weighted by Gasteiger charge is -2.22. The molecule has 1 aromatic carbocycles. The number of carbonyl (C=O) groups excluding carboxylic acids is 1. The van der Waals surface area contributed by atoms with Crippen LogP contribution in [0.1, 0.15) is 5.56 Å². The predicted octanol–water partition coefficient (Wildman–Crippen LogP) is 1.41. The predicted molar refractivity (Wildman–Crippen MR) is 72.5 cm³/mol. The van der Waals surface area contributed by atoms with Gasteiger partial charge in [0, 0.05) is 11.9 Å². The number of halogens is 4. The molecule has 1 aromatic rings. The van der Waals surface area contributed by atoms with E-state index in [1.165, 1.54) is 6.92 Å². The molecule has 6 nitrogen and oxygen atoms in total. The summed E-state index contributed by atoms with van der Waals surface area (Å²) >= 11 is 0. The average Bonchev–Trinajstić information content (AvgIpc) is 2.34. The zero-order valence-electron chi connectivity index (χ0n) is 11.6. The number of alkyl halides is 3. The molecular formula is C11H14F4N4O2S. The van der Waals surface area contributed by atoms with Gasteiger partial charge in [-0.1, -0.05) is 0 Å². The van der Waals surface area contributed by atoms with Crippen LogP contribution in [0, 0.1) is 12.7 Å². The van der Waals surface area contributed by atoms with E-state index in [1.54, 1.807) is 0 Å². The number of carbonyl (C=O) groups is 1. The van der Waals surface area contributed by atoms with Gasteiger partial charge in [0.2, 0.25) is 0 Å². The second kappa shape index (κ2) is 6.58. The lowest BCUT2D eigenvalue weighted by molar-refractivity contribution is -0.105. The monoisotopic (exact) mass is 342 g/mol. The second-order valence-electron chi connectivity index (χ2n) is 4.44. The summed E-state index contributed by atoms with van der Waals surface area (Å²) in [6.07, 6.45) is -4.65. The number of hydrogen-bond acceptors (Lipinski definition) is 4. The highest BCUT2D eigenvalue weighted by Crippen LogP contribution is 2.27. The molecule has 0 aromatic heterocycles. The van der Waals surface area contributed by atoms with Crippen molar-refractivity contribution in [2.24, 2.45) is 11.7 Å². The molecule has 22 heavy (non-hydrogen) atoms. The molecule has 0 saturated heterocycles. The molecule has 124 valence electrons. The topological polar surface area (TPSA) is 92.7 Å². The first kappa shape index (κ1) is 18.3. The minimum absolute atomic E-state index is 0.0470. The van der Waals surface area contributed by atoms with Crippen LogP contribution in [-0.4, -0.2) is 34.2 Å². The Morgan fingerprint density at radius 2 is 1.86 bits per heavy atom. The van der Waals surface area contributed by atoms with Crippen molar-refractivity contribution in [1.82, 2.24) is 5.01 Å². The summed E-state index contributed by atoms with van der Waals surface area (Å²) in [6, 6.07) is 0.687. The Morgan fingerprint density at radius 3 is 2.32 bits per heavy atom. The van der Waals surface area contributed by atoms with E-state index in [2.05, 4.69) is 0 Å². The van der Waals surface area contributed by atoms with Crippen molar-refractivity contribution in [3.63, 3.8) is 0 Å². The van der Waals surface area contributed by atoms with Gasteiger partial charge in [0.1, 0.15) is 11.6 Å². The fourth-order valence-electron chi connectivity index (χ4n) is 1.57. The number of nitrogens with zero attached hydrogens (tertiary/aromatic N) is 2. The minimum atomic E-state index is -4.65. The molecule has 0 saturated carbocycles. The molecule has 1 atom stereocenters. The van der Waals surface area contributed by atoms with Gasteiger partial charge in [0.25, 0.3) is 0 Å². The largest absolute Gasteiger partial charge is 0.400 e. The third kappa shape index (κ3) is 4.39. The number of anilines is 1. The van der Waals surface area contributed by atoms with Gasteiger partial charge < -0.3 is 0 Å². The van der Waals surface area contributed by atoms with Crippen molar-refractivity contribution in [3.05, 3.63) is 23.5 Å². The van der Waals surface area contributed by atoms with E-state index >= 15 is 0 Å². The maximum atomic E-state index is 13.9.